The fourth-order valence-corrected chi connectivity index (χ4v) is 2.48. The number of nitrogens with one attached hydrogen (secondary N) is 4. The summed E-state index contributed by atoms with van der Waals surface area (Å²) in [5.41, 5.74) is 1.11. The van der Waals surface area contributed by atoms with Crippen molar-refractivity contribution in [3.05, 3.63) is 24.2 Å². The van der Waals surface area contributed by atoms with Crippen LogP contribution in [0.3, 0.4) is 0 Å². The predicted octanol–water partition coefficient (Wildman–Crippen LogP) is 0.665. The number of hydrogen-bond acceptors (Lipinski definition) is 5. The molecule has 0 aliphatic carbocycles. The fraction of sp³-hybridized carbons (Fsp3) is 0.667. The van der Waals surface area contributed by atoms with Crippen LogP contribution in [0.25, 0.3) is 0 Å². The van der Waals surface area contributed by atoms with Crippen LogP contribution in [0.5, 0.6) is 0 Å². The standard InChI is InChI=1S/C18H32N4O3/c1-6-20-18(24)16(12(2)3)22-17(23)13(4)21-10-15(19-5)9-14-7-8-25-11-14/h7-8,11-13,15-16,19,21H,6,9-10H2,1-5H3,(H,20,24)(H,22,23)/t13-,15?,16-/m0/s1. The summed E-state index contributed by atoms with van der Waals surface area (Å²) in [6.07, 6.45) is 4.18. The maximum atomic E-state index is 12.4. The van der Waals surface area contributed by atoms with E-state index in [2.05, 4.69) is 21.3 Å². The highest BCUT2D eigenvalue weighted by Crippen LogP contribution is 2.05. The highest BCUT2D eigenvalue weighted by atomic mass is 16.3. The average Bonchev–Trinajstić information content (AvgIpc) is 3.08. The second-order valence-corrected chi connectivity index (χ2v) is 6.58. The quantitative estimate of drug-likeness (QED) is 0.469. The molecule has 7 heteroatoms. The monoisotopic (exact) mass is 352 g/mol. The lowest BCUT2D eigenvalue weighted by Gasteiger charge is -2.24. The van der Waals surface area contributed by atoms with Gasteiger partial charge in [-0.2, -0.15) is 0 Å². The summed E-state index contributed by atoms with van der Waals surface area (Å²) in [7, 11) is 1.89. The van der Waals surface area contributed by atoms with Crippen LogP contribution >= 0.6 is 0 Å². The van der Waals surface area contributed by atoms with Gasteiger partial charge in [0.15, 0.2) is 0 Å². The molecule has 0 saturated carbocycles. The number of amides is 2. The Morgan fingerprint density at radius 1 is 1.20 bits per heavy atom. The molecule has 1 rings (SSSR count). The third kappa shape index (κ3) is 7.27. The van der Waals surface area contributed by atoms with Gasteiger partial charge in [-0.1, -0.05) is 13.8 Å². The third-order valence-corrected chi connectivity index (χ3v) is 4.13. The van der Waals surface area contributed by atoms with Gasteiger partial charge in [0, 0.05) is 19.1 Å². The number of likely N-dealkylation sites (N-methyl/N-ethyl adjacent to an activating group) is 2. The molecule has 142 valence electrons. The van der Waals surface area contributed by atoms with Crippen molar-refractivity contribution < 1.29 is 14.0 Å². The van der Waals surface area contributed by atoms with Gasteiger partial charge in [0.25, 0.3) is 0 Å². The fourth-order valence-electron chi connectivity index (χ4n) is 2.48. The molecule has 0 saturated heterocycles. The van der Waals surface area contributed by atoms with Gasteiger partial charge in [0.1, 0.15) is 6.04 Å². The van der Waals surface area contributed by atoms with Crippen LogP contribution in [-0.4, -0.2) is 50.1 Å². The van der Waals surface area contributed by atoms with E-state index in [1.807, 2.05) is 33.9 Å². The minimum Gasteiger partial charge on any atom is -0.472 e. The zero-order chi connectivity index (χ0) is 18.8. The molecule has 25 heavy (non-hydrogen) atoms. The SMILES string of the molecule is CCNC(=O)[C@@H](NC(=O)[C@H](C)NCC(Cc1ccoc1)NC)C(C)C. The lowest BCUT2D eigenvalue weighted by Crippen LogP contribution is -2.55. The predicted molar refractivity (Wildman–Crippen MR) is 98.2 cm³/mol. The molecule has 4 N–H and O–H groups in total. The molecule has 1 unspecified atom stereocenters. The summed E-state index contributed by atoms with van der Waals surface area (Å²) >= 11 is 0. The maximum absolute atomic E-state index is 12.4. The molecule has 7 nitrogen and oxygen atoms in total. The molecule has 2 amide bonds. The zero-order valence-corrected chi connectivity index (χ0v) is 15.9. The van der Waals surface area contributed by atoms with Crippen molar-refractivity contribution in [2.24, 2.45) is 5.92 Å². The Bertz CT molecular complexity index is 516. The summed E-state index contributed by atoms with van der Waals surface area (Å²) in [4.78, 5) is 24.5. The summed E-state index contributed by atoms with van der Waals surface area (Å²) in [6, 6.07) is 1.19. The van der Waals surface area contributed by atoms with Crippen LogP contribution in [0, 0.1) is 5.92 Å². The molecule has 0 aromatic carbocycles. The normalized spacial score (nSPS) is 14.8. The van der Waals surface area contributed by atoms with E-state index in [9.17, 15) is 9.59 Å². The lowest BCUT2D eigenvalue weighted by atomic mass is 10.0. The minimum atomic E-state index is -0.525. The van der Waals surface area contributed by atoms with Gasteiger partial charge in [0.05, 0.1) is 18.6 Å². The first-order valence-corrected chi connectivity index (χ1v) is 8.88. The molecule has 0 fully saturated rings. The summed E-state index contributed by atoms with van der Waals surface area (Å²) in [5.74, 6) is -0.303. The Hall–Kier alpha value is -1.86. The second-order valence-electron chi connectivity index (χ2n) is 6.58. The molecular formula is C18H32N4O3. The molecule has 0 aliphatic heterocycles. The van der Waals surface area contributed by atoms with Crippen molar-refractivity contribution in [2.75, 3.05) is 20.1 Å². The molecule has 0 aliphatic rings. The van der Waals surface area contributed by atoms with Gasteiger partial charge in [0.2, 0.25) is 11.8 Å². The molecule has 0 bridgehead atoms. The molecular weight excluding hydrogens is 320 g/mol. The number of hydrogen-bond donors (Lipinski definition) is 4. The van der Waals surface area contributed by atoms with Gasteiger partial charge in [-0.25, -0.2) is 0 Å². The first-order valence-electron chi connectivity index (χ1n) is 8.88. The summed E-state index contributed by atoms with van der Waals surface area (Å²) < 4.78 is 5.08. The Labute approximate surface area is 150 Å². The van der Waals surface area contributed by atoms with Crippen LogP contribution in [0.1, 0.15) is 33.3 Å². The van der Waals surface area contributed by atoms with E-state index in [1.165, 1.54) is 0 Å². The van der Waals surface area contributed by atoms with Gasteiger partial charge in [-0.05, 0) is 44.9 Å². The zero-order valence-electron chi connectivity index (χ0n) is 15.9. The molecule has 0 radical (unpaired) electrons. The highest BCUT2D eigenvalue weighted by Gasteiger charge is 2.25. The molecule has 0 spiro atoms. The largest absolute Gasteiger partial charge is 0.472 e. The van der Waals surface area contributed by atoms with E-state index in [1.54, 1.807) is 19.5 Å². The van der Waals surface area contributed by atoms with Crippen molar-refractivity contribution in [1.82, 2.24) is 21.3 Å². The number of carbonyl (C=O) groups is 2. The van der Waals surface area contributed by atoms with Crippen molar-refractivity contribution in [3.63, 3.8) is 0 Å². The smallest absolute Gasteiger partial charge is 0.242 e. The number of rotatable bonds is 11. The Kier molecular flexibility index (Phi) is 9.23. The minimum absolute atomic E-state index is 0.0221. The van der Waals surface area contributed by atoms with E-state index in [0.717, 1.165) is 12.0 Å². The Morgan fingerprint density at radius 2 is 1.92 bits per heavy atom. The van der Waals surface area contributed by atoms with E-state index < -0.39 is 12.1 Å². The van der Waals surface area contributed by atoms with Crippen molar-refractivity contribution >= 4 is 11.8 Å². The molecule has 1 aromatic rings. The highest BCUT2D eigenvalue weighted by molar-refractivity contribution is 5.89. The van der Waals surface area contributed by atoms with Crippen LogP contribution < -0.4 is 21.3 Å². The topological polar surface area (TPSA) is 95.4 Å². The molecule has 1 aromatic heterocycles. The Balaban J connectivity index is 2.49. The average molecular weight is 352 g/mol. The van der Waals surface area contributed by atoms with E-state index in [0.29, 0.717) is 13.1 Å². The van der Waals surface area contributed by atoms with Crippen molar-refractivity contribution in [2.45, 2.75) is 52.2 Å². The van der Waals surface area contributed by atoms with Gasteiger partial charge >= 0.3 is 0 Å². The van der Waals surface area contributed by atoms with E-state index in [4.69, 9.17) is 4.42 Å². The van der Waals surface area contributed by atoms with E-state index >= 15 is 0 Å². The number of carbonyl (C=O) groups excluding carboxylic acids is 2. The van der Waals surface area contributed by atoms with Crippen molar-refractivity contribution in [1.29, 1.82) is 0 Å². The number of furan rings is 1. The van der Waals surface area contributed by atoms with Gasteiger partial charge < -0.3 is 25.7 Å². The van der Waals surface area contributed by atoms with Crippen LogP contribution in [0.2, 0.25) is 0 Å². The molecule has 1 heterocycles. The first kappa shape index (κ1) is 21.2. The third-order valence-electron chi connectivity index (χ3n) is 4.13. The molecule has 3 atom stereocenters. The van der Waals surface area contributed by atoms with Crippen LogP contribution in [0.4, 0.5) is 0 Å². The maximum Gasteiger partial charge on any atom is 0.242 e. The van der Waals surface area contributed by atoms with Crippen LogP contribution in [-0.2, 0) is 16.0 Å². The second kappa shape index (κ2) is 10.9. The van der Waals surface area contributed by atoms with E-state index in [-0.39, 0.29) is 23.8 Å². The van der Waals surface area contributed by atoms with Gasteiger partial charge in [-0.3, -0.25) is 9.59 Å². The van der Waals surface area contributed by atoms with Crippen LogP contribution in [0.15, 0.2) is 23.0 Å². The summed E-state index contributed by atoms with van der Waals surface area (Å²) in [6.45, 7) is 8.67. The van der Waals surface area contributed by atoms with Gasteiger partial charge in [-0.15, -0.1) is 0 Å². The lowest BCUT2D eigenvalue weighted by molar-refractivity contribution is -0.130. The Morgan fingerprint density at radius 3 is 2.44 bits per heavy atom. The first-order chi connectivity index (χ1) is 11.9. The van der Waals surface area contributed by atoms with Crippen molar-refractivity contribution in [3.8, 4) is 0 Å². The summed E-state index contributed by atoms with van der Waals surface area (Å²) in [5, 5.41) is 12.1.